The molecule has 0 radical (unpaired) electrons. The second kappa shape index (κ2) is 5.60. The summed E-state index contributed by atoms with van der Waals surface area (Å²) in [5.41, 5.74) is 5.74. The summed E-state index contributed by atoms with van der Waals surface area (Å²) < 4.78 is 40.1. The molecule has 0 bridgehead atoms. The number of hydrogen-bond acceptors (Lipinski definition) is 2. The van der Waals surface area contributed by atoms with Gasteiger partial charge in [0.25, 0.3) is 0 Å². The summed E-state index contributed by atoms with van der Waals surface area (Å²) in [5.74, 6) is 4.93. The predicted molar refractivity (Wildman–Crippen MR) is 58.3 cm³/mol. The van der Waals surface area contributed by atoms with E-state index in [4.69, 9.17) is 5.73 Å². The molecule has 1 atom stereocenters. The zero-order valence-corrected chi connectivity index (χ0v) is 9.21. The van der Waals surface area contributed by atoms with Crippen LogP contribution in [0.4, 0.5) is 13.2 Å². The Morgan fingerprint density at radius 1 is 1.35 bits per heavy atom. The number of alkyl halides is 3. The monoisotopic (exact) mass is 243 g/mol. The molecule has 0 heterocycles. The van der Waals surface area contributed by atoms with E-state index in [-0.39, 0.29) is 17.4 Å². The van der Waals surface area contributed by atoms with Crippen LogP contribution in [-0.2, 0) is 0 Å². The molecule has 1 aromatic rings. The Bertz CT molecular complexity index is 431. The van der Waals surface area contributed by atoms with Gasteiger partial charge in [-0.05, 0) is 18.6 Å². The van der Waals surface area contributed by atoms with Crippen LogP contribution in [0.15, 0.2) is 24.3 Å². The van der Waals surface area contributed by atoms with Crippen molar-refractivity contribution in [2.75, 3.05) is 0 Å². The third-order valence-electron chi connectivity index (χ3n) is 1.94. The predicted octanol–water partition coefficient (Wildman–Crippen LogP) is 2.67. The summed E-state index contributed by atoms with van der Waals surface area (Å²) in [4.78, 5) is 0. The van der Waals surface area contributed by atoms with E-state index in [1.807, 2.05) is 6.92 Å². The lowest BCUT2D eigenvalue weighted by atomic mass is 10.2. The van der Waals surface area contributed by atoms with Crippen molar-refractivity contribution in [3.8, 4) is 17.6 Å². The lowest BCUT2D eigenvalue weighted by Gasteiger charge is -2.10. The lowest BCUT2D eigenvalue weighted by Crippen LogP contribution is -2.18. The van der Waals surface area contributed by atoms with Gasteiger partial charge in [-0.2, -0.15) is 0 Å². The van der Waals surface area contributed by atoms with Crippen LogP contribution in [0.1, 0.15) is 18.9 Å². The molecule has 0 fully saturated rings. The number of hydrogen-bond donors (Lipinski definition) is 1. The van der Waals surface area contributed by atoms with Crippen LogP contribution >= 0.6 is 0 Å². The number of para-hydroxylation sites is 1. The second-order valence-corrected chi connectivity index (χ2v) is 3.33. The molecule has 2 N–H and O–H groups in total. The molecule has 0 aliphatic rings. The van der Waals surface area contributed by atoms with E-state index in [0.717, 1.165) is 0 Å². The number of nitrogens with two attached hydrogens (primary N) is 1. The Morgan fingerprint density at radius 3 is 2.59 bits per heavy atom. The molecule has 0 aliphatic carbocycles. The van der Waals surface area contributed by atoms with Gasteiger partial charge in [-0.15, -0.1) is 13.2 Å². The fourth-order valence-corrected chi connectivity index (χ4v) is 1.06. The summed E-state index contributed by atoms with van der Waals surface area (Å²) in [7, 11) is 0. The molecule has 1 aromatic carbocycles. The zero-order chi connectivity index (χ0) is 12.9. The fourth-order valence-electron chi connectivity index (χ4n) is 1.06. The highest BCUT2D eigenvalue weighted by Crippen LogP contribution is 2.25. The van der Waals surface area contributed by atoms with Crippen molar-refractivity contribution in [1.29, 1.82) is 0 Å². The first-order chi connectivity index (χ1) is 7.92. The van der Waals surface area contributed by atoms with Crippen LogP contribution < -0.4 is 10.5 Å². The highest BCUT2D eigenvalue weighted by molar-refractivity contribution is 5.46. The molecule has 1 rings (SSSR count). The highest BCUT2D eigenvalue weighted by atomic mass is 19.4. The summed E-state index contributed by atoms with van der Waals surface area (Å²) in [6, 6.07) is 5.36. The van der Waals surface area contributed by atoms with Gasteiger partial charge in [-0.25, -0.2) is 0 Å². The molecule has 1 unspecified atom stereocenters. The van der Waals surface area contributed by atoms with Crippen molar-refractivity contribution in [3.05, 3.63) is 29.8 Å². The van der Waals surface area contributed by atoms with Gasteiger partial charge >= 0.3 is 6.36 Å². The normalized spacial score (nSPS) is 12.5. The molecule has 17 heavy (non-hydrogen) atoms. The third-order valence-corrected chi connectivity index (χ3v) is 1.94. The third kappa shape index (κ3) is 4.79. The van der Waals surface area contributed by atoms with Gasteiger partial charge in [-0.1, -0.05) is 30.9 Å². The minimum Gasteiger partial charge on any atom is -0.404 e. The molecule has 2 nitrogen and oxygen atoms in total. The van der Waals surface area contributed by atoms with E-state index in [9.17, 15) is 13.2 Å². The largest absolute Gasteiger partial charge is 0.573 e. The average Bonchev–Trinajstić information content (AvgIpc) is 2.25. The Morgan fingerprint density at radius 2 is 2.00 bits per heavy atom. The molecule has 0 saturated heterocycles. The van der Waals surface area contributed by atoms with Crippen molar-refractivity contribution in [3.63, 3.8) is 0 Å². The maximum absolute atomic E-state index is 12.1. The quantitative estimate of drug-likeness (QED) is 0.810. The van der Waals surface area contributed by atoms with E-state index in [1.165, 1.54) is 18.2 Å². The van der Waals surface area contributed by atoms with E-state index in [1.54, 1.807) is 6.07 Å². The lowest BCUT2D eigenvalue weighted by molar-refractivity contribution is -0.274. The number of benzene rings is 1. The first-order valence-corrected chi connectivity index (χ1v) is 5.04. The molecule has 5 heteroatoms. The van der Waals surface area contributed by atoms with Gasteiger partial charge in [0.05, 0.1) is 11.6 Å². The van der Waals surface area contributed by atoms with Crippen LogP contribution in [0, 0.1) is 11.8 Å². The molecular formula is C12H12F3NO. The summed E-state index contributed by atoms with van der Waals surface area (Å²) in [5, 5.41) is 0. The van der Waals surface area contributed by atoms with Crippen molar-refractivity contribution < 1.29 is 17.9 Å². The second-order valence-electron chi connectivity index (χ2n) is 3.33. The van der Waals surface area contributed by atoms with Gasteiger partial charge in [0, 0.05) is 0 Å². The maximum Gasteiger partial charge on any atom is 0.573 e. The van der Waals surface area contributed by atoms with Gasteiger partial charge in [0.15, 0.2) is 0 Å². The van der Waals surface area contributed by atoms with E-state index in [2.05, 4.69) is 16.6 Å². The van der Waals surface area contributed by atoms with Crippen molar-refractivity contribution in [2.45, 2.75) is 25.7 Å². The first kappa shape index (κ1) is 13.4. The Balaban J connectivity index is 2.95. The van der Waals surface area contributed by atoms with Crippen LogP contribution in [0.3, 0.4) is 0 Å². The van der Waals surface area contributed by atoms with Crippen molar-refractivity contribution in [2.24, 2.45) is 5.73 Å². The average molecular weight is 243 g/mol. The minimum atomic E-state index is -4.72. The van der Waals surface area contributed by atoms with E-state index < -0.39 is 6.36 Å². The molecule has 92 valence electrons. The summed E-state index contributed by atoms with van der Waals surface area (Å²) >= 11 is 0. The molecule has 0 aromatic heterocycles. The summed E-state index contributed by atoms with van der Waals surface area (Å²) in [6.45, 7) is 1.84. The van der Waals surface area contributed by atoms with Gasteiger partial charge in [0.2, 0.25) is 0 Å². The summed E-state index contributed by atoms with van der Waals surface area (Å²) in [6.07, 6.45) is -4.08. The van der Waals surface area contributed by atoms with Gasteiger partial charge in [-0.3, -0.25) is 0 Å². The van der Waals surface area contributed by atoms with Crippen molar-refractivity contribution >= 4 is 0 Å². The van der Waals surface area contributed by atoms with Crippen LogP contribution in [0.5, 0.6) is 5.75 Å². The highest BCUT2D eigenvalue weighted by Gasteiger charge is 2.31. The van der Waals surface area contributed by atoms with E-state index >= 15 is 0 Å². The first-order valence-electron chi connectivity index (χ1n) is 5.04. The standard InChI is InChI=1S/C12H12F3NO/c1-2-10(16)8-7-9-5-3-4-6-11(9)17-12(13,14)15/h3-6,10H,2,16H2,1H3. The van der Waals surface area contributed by atoms with E-state index in [0.29, 0.717) is 6.42 Å². The van der Waals surface area contributed by atoms with Gasteiger partial charge in [0.1, 0.15) is 5.75 Å². The molecule has 0 saturated carbocycles. The number of halogens is 3. The van der Waals surface area contributed by atoms with Gasteiger partial charge < -0.3 is 10.5 Å². The van der Waals surface area contributed by atoms with Crippen LogP contribution in [0.2, 0.25) is 0 Å². The Labute approximate surface area is 97.6 Å². The number of rotatable bonds is 2. The molecule has 0 amide bonds. The molecular weight excluding hydrogens is 231 g/mol. The minimum absolute atomic E-state index is 0.175. The topological polar surface area (TPSA) is 35.2 Å². The fraction of sp³-hybridized carbons (Fsp3) is 0.333. The van der Waals surface area contributed by atoms with Crippen LogP contribution in [0.25, 0.3) is 0 Å². The maximum atomic E-state index is 12.1. The number of ether oxygens (including phenoxy) is 1. The van der Waals surface area contributed by atoms with Crippen LogP contribution in [-0.4, -0.2) is 12.4 Å². The molecule has 0 aliphatic heterocycles. The zero-order valence-electron chi connectivity index (χ0n) is 9.21. The van der Waals surface area contributed by atoms with Crippen molar-refractivity contribution in [1.82, 2.24) is 0 Å². The Hall–Kier alpha value is -1.67. The SMILES string of the molecule is CCC(N)C#Cc1ccccc1OC(F)(F)F. The smallest absolute Gasteiger partial charge is 0.404 e. The Kier molecular flexibility index (Phi) is 4.41. The molecule has 0 spiro atoms.